The molecule has 0 unspecified atom stereocenters. The summed E-state index contributed by atoms with van der Waals surface area (Å²) in [6.07, 6.45) is 11.9. The number of nitrogens with zero attached hydrogens (tertiary/aromatic N) is 4. The van der Waals surface area contributed by atoms with Crippen molar-refractivity contribution >= 4 is 5.95 Å². The van der Waals surface area contributed by atoms with E-state index in [-0.39, 0.29) is 5.82 Å². The Hall–Kier alpha value is -2.80. The zero-order chi connectivity index (χ0) is 21.8. The van der Waals surface area contributed by atoms with Gasteiger partial charge in [-0.3, -0.25) is 0 Å². The van der Waals surface area contributed by atoms with Crippen molar-refractivity contribution in [2.24, 2.45) is 5.92 Å². The van der Waals surface area contributed by atoms with Crippen LogP contribution in [0.25, 0.3) is 22.6 Å². The minimum Gasteiger partial charge on any atom is -0.381 e. The normalized spacial score (nSPS) is 18.0. The molecule has 0 bridgehead atoms. The summed E-state index contributed by atoms with van der Waals surface area (Å²) in [6.45, 7) is 2.50. The zero-order valence-electron chi connectivity index (χ0n) is 18.3. The van der Waals surface area contributed by atoms with E-state index in [1.165, 1.54) is 31.4 Å². The van der Waals surface area contributed by atoms with Crippen LogP contribution >= 0.6 is 0 Å². The van der Waals surface area contributed by atoms with Crippen LogP contribution in [-0.2, 0) is 4.74 Å². The SMILES string of the molecule is Fc1ccc(-c2ncn(C3CCCCC3)c2-c2ccnc(NCC3CCOCC3)n2)cc1. The maximum atomic E-state index is 13.6. The molecule has 7 heteroatoms. The molecule has 3 heterocycles. The summed E-state index contributed by atoms with van der Waals surface area (Å²) in [5.41, 5.74) is 3.56. The third-order valence-electron chi connectivity index (χ3n) is 6.67. The lowest BCUT2D eigenvalue weighted by Crippen LogP contribution is -2.23. The molecular weight excluding hydrogens is 405 g/mol. The molecule has 5 rings (SSSR count). The Morgan fingerprint density at radius 1 is 0.969 bits per heavy atom. The minimum atomic E-state index is -0.247. The smallest absolute Gasteiger partial charge is 0.223 e. The molecule has 2 aromatic heterocycles. The predicted molar refractivity (Wildman–Crippen MR) is 123 cm³/mol. The third-order valence-corrected chi connectivity index (χ3v) is 6.67. The van der Waals surface area contributed by atoms with Crippen molar-refractivity contribution in [2.45, 2.75) is 51.0 Å². The quantitative estimate of drug-likeness (QED) is 0.555. The topological polar surface area (TPSA) is 64.9 Å². The number of rotatable bonds is 6. The highest BCUT2D eigenvalue weighted by Crippen LogP contribution is 2.37. The largest absolute Gasteiger partial charge is 0.381 e. The second-order valence-corrected chi connectivity index (χ2v) is 8.85. The Kier molecular flexibility index (Phi) is 6.44. The van der Waals surface area contributed by atoms with E-state index in [9.17, 15) is 4.39 Å². The van der Waals surface area contributed by atoms with Gasteiger partial charge in [0.2, 0.25) is 5.95 Å². The molecule has 6 nitrogen and oxygen atoms in total. The van der Waals surface area contributed by atoms with E-state index in [1.807, 2.05) is 12.4 Å². The van der Waals surface area contributed by atoms with Crippen LogP contribution in [-0.4, -0.2) is 39.3 Å². The average molecular weight is 436 g/mol. The molecule has 32 heavy (non-hydrogen) atoms. The first-order valence-electron chi connectivity index (χ1n) is 11.8. The fourth-order valence-electron chi connectivity index (χ4n) is 4.83. The number of aromatic nitrogens is 4. The van der Waals surface area contributed by atoms with Crippen LogP contribution < -0.4 is 5.32 Å². The monoisotopic (exact) mass is 435 g/mol. The van der Waals surface area contributed by atoms with E-state index < -0.39 is 0 Å². The van der Waals surface area contributed by atoms with Gasteiger partial charge >= 0.3 is 0 Å². The molecule has 1 aliphatic carbocycles. The maximum absolute atomic E-state index is 13.6. The van der Waals surface area contributed by atoms with Crippen molar-refractivity contribution < 1.29 is 9.13 Å². The first-order chi connectivity index (χ1) is 15.8. The van der Waals surface area contributed by atoms with Gasteiger partial charge in [0.25, 0.3) is 0 Å². The molecule has 168 valence electrons. The highest BCUT2D eigenvalue weighted by molar-refractivity contribution is 5.77. The molecular formula is C25H30FN5O. The summed E-state index contributed by atoms with van der Waals surface area (Å²) in [5.74, 6) is 0.970. The standard InChI is InChI=1S/C25H30FN5O/c26-20-8-6-19(7-9-20)23-24(31(17-29-23)21-4-2-1-3-5-21)22-10-13-27-25(30-22)28-16-18-11-14-32-15-12-18/h6-10,13,17-18,21H,1-5,11-12,14-16H2,(H,27,28,30). The van der Waals surface area contributed by atoms with Crippen LogP contribution in [0.5, 0.6) is 0 Å². The molecule has 2 fully saturated rings. The fourth-order valence-corrected chi connectivity index (χ4v) is 4.83. The van der Waals surface area contributed by atoms with Crippen molar-refractivity contribution in [2.75, 3.05) is 25.1 Å². The summed E-state index contributed by atoms with van der Waals surface area (Å²) >= 11 is 0. The van der Waals surface area contributed by atoms with Gasteiger partial charge in [0, 0.05) is 37.6 Å². The molecule has 1 N–H and O–H groups in total. The Labute approximate surface area is 188 Å². The minimum absolute atomic E-state index is 0.247. The van der Waals surface area contributed by atoms with E-state index in [2.05, 4.69) is 14.9 Å². The maximum Gasteiger partial charge on any atom is 0.223 e. The number of benzene rings is 1. The molecule has 0 atom stereocenters. The number of hydrogen-bond donors (Lipinski definition) is 1. The van der Waals surface area contributed by atoms with Crippen LogP contribution in [0, 0.1) is 11.7 Å². The number of anilines is 1. The molecule has 3 aromatic rings. The first-order valence-corrected chi connectivity index (χ1v) is 11.8. The van der Waals surface area contributed by atoms with Gasteiger partial charge in [-0.25, -0.2) is 19.3 Å². The fraction of sp³-hybridized carbons (Fsp3) is 0.480. The molecule has 0 amide bonds. The molecule has 1 saturated carbocycles. The lowest BCUT2D eigenvalue weighted by atomic mass is 9.95. The number of nitrogens with one attached hydrogen (secondary N) is 1. The van der Waals surface area contributed by atoms with Gasteiger partial charge < -0.3 is 14.6 Å². The Bertz CT molecular complexity index is 1020. The van der Waals surface area contributed by atoms with E-state index in [0.29, 0.717) is 17.9 Å². The Morgan fingerprint density at radius 2 is 1.75 bits per heavy atom. The van der Waals surface area contributed by atoms with Gasteiger partial charge in [-0.15, -0.1) is 0 Å². The van der Waals surface area contributed by atoms with E-state index in [4.69, 9.17) is 14.7 Å². The van der Waals surface area contributed by atoms with Crippen molar-refractivity contribution in [1.82, 2.24) is 19.5 Å². The summed E-state index contributed by atoms with van der Waals surface area (Å²) in [5, 5.41) is 3.43. The number of imidazole rings is 1. The van der Waals surface area contributed by atoms with Gasteiger partial charge in [-0.05, 0) is 61.9 Å². The Balaban J connectivity index is 1.47. The van der Waals surface area contributed by atoms with E-state index >= 15 is 0 Å². The van der Waals surface area contributed by atoms with Gasteiger partial charge in [-0.2, -0.15) is 0 Å². The van der Waals surface area contributed by atoms with Crippen molar-refractivity contribution in [3.8, 4) is 22.6 Å². The summed E-state index contributed by atoms with van der Waals surface area (Å²) in [6, 6.07) is 8.91. The van der Waals surface area contributed by atoms with Gasteiger partial charge in [-0.1, -0.05) is 19.3 Å². The van der Waals surface area contributed by atoms with Gasteiger partial charge in [0.05, 0.1) is 23.4 Å². The molecule has 1 aliphatic heterocycles. The van der Waals surface area contributed by atoms with E-state index in [1.54, 1.807) is 18.3 Å². The summed E-state index contributed by atoms with van der Waals surface area (Å²) in [4.78, 5) is 14.1. The van der Waals surface area contributed by atoms with Crippen LogP contribution in [0.1, 0.15) is 51.0 Å². The zero-order valence-corrected chi connectivity index (χ0v) is 18.3. The van der Waals surface area contributed by atoms with Crippen LogP contribution in [0.15, 0.2) is 42.9 Å². The molecule has 2 aliphatic rings. The third kappa shape index (κ3) is 4.67. The molecule has 0 spiro atoms. The summed E-state index contributed by atoms with van der Waals surface area (Å²) < 4.78 is 21.3. The van der Waals surface area contributed by atoms with Crippen molar-refractivity contribution in [3.05, 3.63) is 48.7 Å². The number of ether oxygens (including phenoxy) is 1. The van der Waals surface area contributed by atoms with Crippen LogP contribution in [0.3, 0.4) is 0 Å². The highest BCUT2D eigenvalue weighted by atomic mass is 19.1. The second kappa shape index (κ2) is 9.77. The lowest BCUT2D eigenvalue weighted by Gasteiger charge is -2.25. The van der Waals surface area contributed by atoms with Gasteiger partial charge in [0.15, 0.2) is 0 Å². The second-order valence-electron chi connectivity index (χ2n) is 8.85. The van der Waals surface area contributed by atoms with E-state index in [0.717, 1.165) is 68.1 Å². The highest BCUT2D eigenvalue weighted by Gasteiger charge is 2.23. The molecule has 0 radical (unpaired) electrons. The first kappa shape index (κ1) is 21.1. The molecule has 1 saturated heterocycles. The molecule has 1 aromatic carbocycles. The average Bonchev–Trinajstić information content (AvgIpc) is 3.30. The van der Waals surface area contributed by atoms with Crippen LogP contribution in [0.4, 0.5) is 10.3 Å². The lowest BCUT2D eigenvalue weighted by molar-refractivity contribution is 0.0699. The Morgan fingerprint density at radius 3 is 2.53 bits per heavy atom. The van der Waals surface area contributed by atoms with Crippen molar-refractivity contribution in [3.63, 3.8) is 0 Å². The van der Waals surface area contributed by atoms with Gasteiger partial charge in [0.1, 0.15) is 5.82 Å². The number of halogens is 1. The van der Waals surface area contributed by atoms with Crippen LogP contribution in [0.2, 0.25) is 0 Å². The predicted octanol–water partition coefficient (Wildman–Crippen LogP) is 5.49. The number of hydrogen-bond acceptors (Lipinski definition) is 5. The summed E-state index contributed by atoms with van der Waals surface area (Å²) in [7, 11) is 0. The van der Waals surface area contributed by atoms with Crippen molar-refractivity contribution in [1.29, 1.82) is 0 Å².